The van der Waals surface area contributed by atoms with E-state index in [-0.39, 0.29) is 16.8 Å². The molecule has 0 aromatic carbocycles. The van der Waals surface area contributed by atoms with Crippen LogP contribution in [0, 0.1) is 5.92 Å². The van der Waals surface area contributed by atoms with E-state index in [0.717, 1.165) is 31.5 Å². The summed E-state index contributed by atoms with van der Waals surface area (Å²) in [4.78, 5) is 19.7. The molecule has 3 rings (SSSR count). The molecule has 2 aliphatic rings. The number of pyridine rings is 1. The summed E-state index contributed by atoms with van der Waals surface area (Å²) in [5.41, 5.74) is -0.856. The summed E-state index contributed by atoms with van der Waals surface area (Å²) in [6.45, 7) is 2.15. The molecule has 126 valence electrons. The number of carbonyl (C=O) groups excluding carboxylic acids is 1. The Morgan fingerprint density at radius 3 is 2.35 bits per heavy atom. The monoisotopic (exact) mass is 347 g/mol. The van der Waals surface area contributed by atoms with Gasteiger partial charge in [-0.05, 0) is 18.9 Å². The van der Waals surface area contributed by atoms with Gasteiger partial charge < -0.3 is 9.80 Å². The summed E-state index contributed by atoms with van der Waals surface area (Å²) in [6.07, 6.45) is -0.617. The largest absolute Gasteiger partial charge is 0.417 e. The van der Waals surface area contributed by atoms with Crippen molar-refractivity contribution in [2.75, 3.05) is 31.1 Å². The van der Waals surface area contributed by atoms with E-state index in [2.05, 4.69) is 4.98 Å². The zero-order chi connectivity index (χ0) is 16.6. The molecule has 0 radical (unpaired) electrons. The Hall–Kier alpha value is -1.50. The molecule has 1 saturated heterocycles. The van der Waals surface area contributed by atoms with Crippen molar-refractivity contribution in [3.05, 3.63) is 22.8 Å². The number of anilines is 1. The third-order valence-corrected chi connectivity index (χ3v) is 4.77. The number of rotatable bonds is 2. The zero-order valence-electron chi connectivity index (χ0n) is 12.4. The van der Waals surface area contributed by atoms with Crippen molar-refractivity contribution in [3.8, 4) is 0 Å². The molecule has 1 aromatic heterocycles. The molecule has 2 fully saturated rings. The van der Waals surface area contributed by atoms with Crippen molar-refractivity contribution in [2.24, 2.45) is 5.92 Å². The van der Waals surface area contributed by atoms with Gasteiger partial charge in [0.15, 0.2) is 0 Å². The lowest BCUT2D eigenvalue weighted by Gasteiger charge is -2.38. The number of hydrogen-bond donors (Lipinski definition) is 0. The molecule has 1 amide bonds. The van der Waals surface area contributed by atoms with E-state index >= 15 is 0 Å². The van der Waals surface area contributed by atoms with Crippen LogP contribution in [0.5, 0.6) is 0 Å². The Bertz CT molecular complexity index is 596. The third-order valence-electron chi connectivity index (χ3n) is 4.49. The molecule has 1 saturated carbocycles. The van der Waals surface area contributed by atoms with Crippen molar-refractivity contribution >= 4 is 23.3 Å². The van der Waals surface area contributed by atoms with Gasteiger partial charge in [-0.2, -0.15) is 13.2 Å². The van der Waals surface area contributed by atoms with Crippen molar-refractivity contribution in [2.45, 2.75) is 25.4 Å². The van der Waals surface area contributed by atoms with Crippen molar-refractivity contribution < 1.29 is 18.0 Å². The first kappa shape index (κ1) is 16.4. The summed E-state index contributed by atoms with van der Waals surface area (Å²) in [6, 6.07) is 0.899. The van der Waals surface area contributed by atoms with E-state index in [0.29, 0.717) is 32.0 Å². The fourth-order valence-corrected chi connectivity index (χ4v) is 3.16. The Kier molecular flexibility index (Phi) is 4.40. The molecule has 4 nitrogen and oxygen atoms in total. The topological polar surface area (TPSA) is 36.4 Å². The van der Waals surface area contributed by atoms with E-state index in [1.807, 2.05) is 9.80 Å². The predicted octanol–water partition coefficient (Wildman–Crippen LogP) is 3.20. The van der Waals surface area contributed by atoms with Gasteiger partial charge in [0.05, 0.1) is 10.6 Å². The molecular formula is C15H17ClF3N3O. The van der Waals surface area contributed by atoms with Gasteiger partial charge >= 0.3 is 6.18 Å². The van der Waals surface area contributed by atoms with Gasteiger partial charge in [-0.25, -0.2) is 4.98 Å². The highest BCUT2D eigenvalue weighted by Gasteiger charge is 2.34. The van der Waals surface area contributed by atoms with Gasteiger partial charge in [0.1, 0.15) is 5.82 Å². The number of carbonyl (C=O) groups is 1. The number of nitrogens with zero attached hydrogens (tertiary/aromatic N) is 3. The molecule has 0 spiro atoms. The highest BCUT2D eigenvalue weighted by Crippen LogP contribution is 2.34. The van der Waals surface area contributed by atoms with Gasteiger partial charge in [0, 0.05) is 38.3 Å². The maximum absolute atomic E-state index is 12.6. The zero-order valence-corrected chi connectivity index (χ0v) is 13.2. The Morgan fingerprint density at radius 2 is 1.87 bits per heavy atom. The number of amides is 1. The van der Waals surface area contributed by atoms with Crippen LogP contribution in [0.2, 0.25) is 5.02 Å². The average molecular weight is 348 g/mol. The number of alkyl halides is 3. The number of hydrogen-bond acceptors (Lipinski definition) is 3. The van der Waals surface area contributed by atoms with Crippen molar-refractivity contribution in [3.63, 3.8) is 0 Å². The lowest BCUT2D eigenvalue weighted by Crippen LogP contribution is -2.51. The molecule has 8 heteroatoms. The van der Waals surface area contributed by atoms with Crippen LogP contribution < -0.4 is 4.90 Å². The molecule has 1 aliphatic heterocycles. The SMILES string of the molecule is O=C(C1CCC1)N1CCN(c2ncc(C(F)(F)F)cc2Cl)CC1. The fourth-order valence-electron chi connectivity index (χ4n) is 2.87. The minimum atomic E-state index is -4.46. The van der Waals surface area contributed by atoms with E-state index < -0.39 is 11.7 Å². The predicted molar refractivity (Wildman–Crippen MR) is 80.4 cm³/mol. The average Bonchev–Trinajstić information content (AvgIpc) is 2.44. The molecule has 0 unspecified atom stereocenters. The van der Waals surface area contributed by atoms with E-state index in [1.165, 1.54) is 0 Å². The summed E-state index contributed by atoms with van der Waals surface area (Å²) in [7, 11) is 0. The second-order valence-electron chi connectivity index (χ2n) is 5.97. The molecule has 0 N–H and O–H groups in total. The molecular weight excluding hydrogens is 331 g/mol. The molecule has 2 heterocycles. The second kappa shape index (κ2) is 6.19. The number of piperazine rings is 1. The van der Waals surface area contributed by atoms with Gasteiger partial charge in [0.25, 0.3) is 0 Å². The second-order valence-corrected chi connectivity index (χ2v) is 6.37. The van der Waals surface area contributed by atoms with Crippen LogP contribution in [0.3, 0.4) is 0 Å². The van der Waals surface area contributed by atoms with Crippen LogP contribution in [-0.4, -0.2) is 42.0 Å². The standard InChI is InChI=1S/C15H17ClF3N3O/c16-12-8-11(15(17,18)19)9-20-13(12)21-4-6-22(7-5-21)14(23)10-2-1-3-10/h8-10H,1-7H2. The molecule has 1 aromatic rings. The van der Waals surface area contributed by atoms with Gasteiger partial charge in [-0.15, -0.1) is 0 Å². The van der Waals surface area contributed by atoms with Gasteiger partial charge in [-0.1, -0.05) is 18.0 Å². The van der Waals surface area contributed by atoms with Crippen LogP contribution >= 0.6 is 11.6 Å². The lowest BCUT2D eigenvalue weighted by atomic mass is 9.84. The summed E-state index contributed by atoms with van der Waals surface area (Å²) in [5, 5.41) is -0.0152. The molecule has 1 aliphatic carbocycles. The highest BCUT2D eigenvalue weighted by molar-refractivity contribution is 6.33. The van der Waals surface area contributed by atoms with E-state index in [9.17, 15) is 18.0 Å². The number of aromatic nitrogens is 1. The van der Waals surface area contributed by atoms with Crippen LogP contribution in [0.15, 0.2) is 12.3 Å². The van der Waals surface area contributed by atoms with Crippen LogP contribution in [0.4, 0.5) is 19.0 Å². The van der Waals surface area contributed by atoms with Crippen molar-refractivity contribution in [1.29, 1.82) is 0 Å². The first-order valence-corrected chi connectivity index (χ1v) is 8.00. The van der Waals surface area contributed by atoms with Crippen LogP contribution in [0.1, 0.15) is 24.8 Å². The first-order chi connectivity index (χ1) is 10.9. The number of halogens is 4. The quantitative estimate of drug-likeness (QED) is 0.824. The maximum atomic E-state index is 12.6. The summed E-state index contributed by atoms with van der Waals surface area (Å²) >= 11 is 5.97. The normalized spacial score (nSPS) is 19.7. The minimum Gasteiger partial charge on any atom is -0.352 e. The minimum absolute atomic E-state index is 0.0152. The van der Waals surface area contributed by atoms with E-state index in [4.69, 9.17) is 11.6 Å². The Labute approximate surface area is 137 Å². The summed E-state index contributed by atoms with van der Waals surface area (Å²) in [5.74, 6) is 0.701. The molecule has 23 heavy (non-hydrogen) atoms. The summed E-state index contributed by atoms with van der Waals surface area (Å²) < 4.78 is 37.9. The Morgan fingerprint density at radius 1 is 1.22 bits per heavy atom. The molecule has 0 atom stereocenters. The highest BCUT2D eigenvalue weighted by atomic mass is 35.5. The third kappa shape index (κ3) is 3.39. The smallest absolute Gasteiger partial charge is 0.352 e. The van der Waals surface area contributed by atoms with E-state index in [1.54, 1.807) is 0 Å². The fraction of sp³-hybridized carbons (Fsp3) is 0.600. The van der Waals surface area contributed by atoms with Crippen LogP contribution in [0.25, 0.3) is 0 Å². The Balaban J connectivity index is 1.64. The van der Waals surface area contributed by atoms with Gasteiger partial charge in [-0.3, -0.25) is 4.79 Å². The van der Waals surface area contributed by atoms with Crippen LogP contribution in [-0.2, 0) is 11.0 Å². The van der Waals surface area contributed by atoms with Crippen molar-refractivity contribution in [1.82, 2.24) is 9.88 Å². The maximum Gasteiger partial charge on any atom is 0.417 e. The van der Waals surface area contributed by atoms with Gasteiger partial charge in [0.2, 0.25) is 5.91 Å². The first-order valence-electron chi connectivity index (χ1n) is 7.63. The molecule has 0 bridgehead atoms. The lowest BCUT2D eigenvalue weighted by molar-refractivity contribution is -0.139.